The van der Waals surface area contributed by atoms with Crippen molar-refractivity contribution in [3.05, 3.63) is 81.5 Å². The number of hydrogen-bond acceptors (Lipinski definition) is 4. The third-order valence-corrected chi connectivity index (χ3v) is 3.87. The van der Waals surface area contributed by atoms with Gasteiger partial charge in [0, 0.05) is 35.8 Å². The number of nitrogens with one attached hydrogen (secondary N) is 2. The lowest BCUT2D eigenvalue weighted by atomic mass is 10.1. The van der Waals surface area contributed by atoms with E-state index in [1.807, 2.05) is 50.2 Å². The van der Waals surface area contributed by atoms with E-state index in [1.165, 1.54) is 12.4 Å². The number of carbonyl (C=O) groups excluding carboxylic acids is 1. The molecule has 2 heterocycles. The Kier molecular flexibility index (Phi) is 4.70. The summed E-state index contributed by atoms with van der Waals surface area (Å²) in [7, 11) is 0. The van der Waals surface area contributed by atoms with Crippen LogP contribution in [0.2, 0.25) is 0 Å². The molecule has 0 radical (unpaired) electrons. The van der Waals surface area contributed by atoms with Crippen molar-refractivity contribution >= 4 is 5.91 Å². The van der Waals surface area contributed by atoms with E-state index in [0.717, 1.165) is 16.8 Å². The van der Waals surface area contributed by atoms with E-state index in [2.05, 4.69) is 20.3 Å². The van der Waals surface area contributed by atoms with Crippen molar-refractivity contribution in [1.29, 1.82) is 0 Å². The fourth-order valence-electron chi connectivity index (χ4n) is 2.55. The molecule has 3 aromatic rings. The van der Waals surface area contributed by atoms with Crippen molar-refractivity contribution in [2.75, 3.05) is 0 Å². The van der Waals surface area contributed by atoms with Gasteiger partial charge in [0.2, 0.25) is 0 Å². The van der Waals surface area contributed by atoms with E-state index in [9.17, 15) is 9.59 Å². The summed E-state index contributed by atoms with van der Waals surface area (Å²) in [5.74, 6) is 0.238. The second-order valence-electron chi connectivity index (χ2n) is 5.79. The van der Waals surface area contributed by atoms with Gasteiger partial charge in [-0.15, -0.1) is 0 Å². The summed E-state index contributed by atoms with van der Waals surface area (Å²) in [6.45, 7) is 3.82. The fourth-order valence-corrected chi connectivity index (χ4v) is 2.55. The third kappa shape index (κ3) is 3.80. The topological polar surface area (TPSA) is 87.7 Å². The number of rotatable bonds is 4. The van der Waals surface area contributed by atoms with E-state index >= 15 is 0 Å². The standard InChI is InChI=1S/C19H18N4O2/c1-12-8-13(2)23-19(25)16(12)11-22-18(24)15-9-20-17(21-10-15)14-6-4-3-5-7-14/h3-10H,11H2,1-2H3,(H,22,24)(H,23,25). The lowest BCUT2D eigenvalue weighted by Gasteiger charge is -2.08. The molecule has 3 rings (SSSR count). The summed E-state index contributed by atoms with van der Waals surface area (Å²) < 4.78 is 0. The minimum absolute atomic E-state index is 0.153. The molecule has 0 aliphatic rings. The van der Waals surface area contributed by atoms with E-state index in [1.54, 1.807) is 0 Å². The summed E-state index contributed by atoms with van der Waals surface area (Å²) in [5.41, 5.74) is 3.23. The van der Waals surface area contributed by atoms with Gasteiger partial charge >= 0.3 is 0 Å². The molecule has 0 unspecified atom stereocenters. The number of benzene rings is 1. The predicted octanol–water partition coefficient (Wildman–Crippen LogP) is 2.38. The maximum Gasteiger partial charge on any atom is 0.254 e. The number of aromatic amines is 1. The molecule has 2 aromatic heterocycles. The zero-order valence-corrected chi connectivity index (χ0v) is 14.0. The van der Waals surface area contributed by atoms with Crippen LogP contribution >= 0.6 is 0 Å². The average Bonchev–Trinajstić information content (AvgIpc) is 2.61. The maximum atomic E-state index is 12.3. The predicted molar refractivity (Wildman–Crippen MR) is 95.2 cm³/mol. The van der Waals surface area contributed by atoms with Gasteiger partial charge in [0.1, 0.15) is 0 Å². The average molecular weight is 334 g/mol. The smallest absolute Gasteiger partial charge is 0.254 e. The molecule has 2 N–H and O–H groups in total. The van der Waals surface area contributed by atoms with Crippen molar-refractivity contribution in [3.63, 3.8) is 0 Å². The number of amides is 1. The van der Waals surface area contributed by atoms with Crippen LogP contribution < -0.4 is 10.9 Å². The number of carbonyl (C=O) groups is 1. The zero-order valence-electron chi connectivity index (χ0n) is 14.0. The zero-order chi connectivity index (χ0) is 17.8. The van der Waals surface area contributed by atoms with Crippen LogP contribution in [-0.2, 0) is 6.54 Å². The van der Waals surface area contributed by atoms with E-state index in [4.69, 9.17) is 0 Å². The van der Waals surface area contributed by atoms with Gasteiger partial charge in [-0.3, -0.25) is 9.59 Å². The molecule has 0 spiro atoms. The summed E-state index contributed by atoms with van der Waals surface area (Å²) in [6.07, 6.45) is 2.97. The Bertz CT molecular complexity index is 947. The normalized spacial score (nSPS) is 10.5. The maximum absolute atomic E-state index is 12.3. The fraction of sp³-hybridized carbons (Fsp3) is 0.158. The molecular formula is C19H18N4O2. The minimum Gasteiger partial charge on any atom is -0.348 e. The summed E-state index contributed by atoms with van der Waals surface area (Å²) in [4.78, 5) is 35.4. The van der Waals surface area contributed by atoms with Gasteiger partial charge < -0.3 is 10.3 Å². The first-order valence-corrected chi connectivity index (χ1v) is 7.89. The van der Waals surface area contributed by atoms with Gasteiger partial charge in [-0.2, -0.15) is 0 Å². The molecule has 1 amide bonds. The van der Waals surface area contributed by atoms with Crippen molar-refractivity contribution in [2.45, 2.75) is 20.4 Å². The van der Waals surface area contributed by atoms with Gasteiger partial charge in [0.05, 0.1) is 5.56 Å². The van der Waals surface area contributed by atoms with Gasteiger partial charge in [0.15, 0.2) is 5.82 Å². The number of hydrogen-bond donors (Lipinski definition) is 2. The minimum atomic E-state index is -0.320. The lowest BCUT2D eigenvalue weighted by molar-refractivity contribution is 0.0950. The van der Waals surface area contributed by atoms with Crippen LogP contribution in [0.25, 0.3) is 11.4 Å². The third-order valence-electron chi connectivity index (χ3n) is 3.87. The first-order valence-electron chi connectivity index (χ1n) is 7.89. The summed E-state index contributed by atoms with van der Waals surface area (Å²) >= 11 is 0. The molecule has 1 aromatic carbocycles. The highest BCUT2D eigenvalue weighted by atomic mass is 16.1. The molecule has 0 saturated heterocycles. The number of aryl methyl sites for hydroxylation is 2. The van der Waals surface area contributed by atoms with Crippen LogP contribution in [-0.4, -0.2) is 20.9 Å². The van der Waals surface area contributed by atoms with E-state index < -0.39 is 0 Å². The molecule has 0 fully saturated rings. The second-order valence-corrected chi connectivity index (χ2v) is 5.79. The Morgan fingerprint density at radius 3 is 2.44 bits per heavy atom. The van der Waals surface area contributed by atoms with Crippen LogP contribution in [0.1, 0.15) is 27.2 Å². The summed E-state index contributed by atoms with van der Waals surface area (Å²) in [5, 5.41) is 2.74. The molecule has 0 saturated carbocycles. The first kappa shape index (κ1) is 16.6. The highest BCUT2D eigenvalue weighted by molar-refractivity contribution is 5.93. The molecule has 6 heteroatoms. The first-order chi connectivity index (χ1) is 12.0. The lowest BCUT2D eigenvalue weighted by Crippen LogP contribution is -2.28. The van der Waals surface area contributed by atoms with Crippen LogP contribution in [0.15, 0.2) is 53.6 Å². The van der Waals surface area contributed by atoms with Crippen LogP contribution in [0.3, 0.4) is 0 Å². The van der Waals surface area contributed by atoms with E-state index in [-0.39, 0.29) is 18.0 Å². The van der Waals surface area contributed by atoms with Crippen molar-refractivity contribution < 1.29 is 4.79 Å². The molecule has 0 aliphatic heterocycles. The molecular weight excluding hydrogens is 316 g/mol. The highest BCUT2D eigenvalue weighted by Crippen LogP contribution is 2.13. The molecule has 0 atom stereocenters. The van der Waals surface area contributed by atoms with Gasteiger partial charge in [-0.1, -0.05) is 30.3 Å². The number of nitrogens with zero attached hydrogens (tertiary/aromatic N) is 2. The molecule has 25 heavy (non-hydrogen) atoms. The molecule has 126 valence electrons. The Morgan fingerprint density at radius 2 is 1.80 bits per heavy atom. The van der Waals surface area contributed by atoms with Crippen molar-refractivity contribution in [2.24, 2.45) is 0 Å². The Morgan fingerprint density at radius 1 is 1.12 bits per heavy atom. The number of pyridine rings is 1. The highest BCUT2D eigenvalue weighted by Gasteiger charge is 2.10. The Balaban J connectivity index is 1.71. The van der Waals surface area contributed by atoms with Crippen LogP contribution in [0.4, 0.5) is 0 Å². The summed E-state index contributed by atoms with van der Waals surface area (Å²) in [6, 6.07) is 11.4. The Hall–Kier alpha value is -3.28. The van der Waals surface area contributed by atoms with Crippen molar-refractivity contribution in [3.8, 4) is 11.4 Å². The quantitative estimate of drug-likeness (QED) is 0.767. The number of aromatic nitrogens is 3. The van der Waals surface area contributed by atoms with Gasteiger partial charge in [-0.25, -0.2) is 9.97 Å². The molecule has 0 bridgehead atoms. The second kappa shape index (κ2) is 7.09. The molecule has 6 nitrogen and oxygen atoms in total. The number of H-pyrrole nitrogens is 1. The van der Waals surface area contributed by atoms with Crippen molar-refractivity contribution in [1.82, 2.24) is 20.3 Å². The van der Waals surface area contributed by atoms with Crippen LogP contribution in [0.5, 0.6) is 0 Å². The Labute approximate surface area is 145 Å². The monoisotopic (exact) mass is 334 g/mol. The molecule has 0 aliphatic carbocycles. The van der Waals surface area contributed by atoms with Gasteiger partial charge in [0.25, 0.3) is 11.5 Å². The SMILES string of the molecule is Cc1cc(C)c(CNC(=O)c2cnc(-c3ccccc3)nc2)c(=O)[nH]1. The van der Waals surface area contributed by atoms with Gasteiger partial charge in [-0.05, 0) is 25.5 Å². The van der Waals surface area contributed by atoms with E-state index in [0.29, 0.717) is 17.0 Å². The van der Waals surface area contributed by atoms with Crippen LogP contribution in [0, 0.1) is 13.8 Å². The largest absolute Gasteiger partial charge is 0.348 e.